The Morgan fingerprint density at radius 1 is 0.864 bits per heavy atom. The van der Waals surface area contributed by atoms with Gasteiger partial charge in [0.1, 0.15) is 0 Å². The number of anilines is 2. The largest absolute Gasteiger partial charge is 0.326 e. The Bertz CT molecular complexity index is 663. The molecule has 2 amide bonds. The molecule has 22 heavy (non-hydrogen) atoms. The molecule has 2 aromatic rings. The number of carbonyl (C=O) groups excluding carboxylic acids is 2. The maximum absolute atomic E-state index is 12.1. The minimum absolute atomic E-state index is 0.0312. The number of nitrogens with one attached hydrogen (secondary N) is 2. The van der Waals surface area contributed by atoms with Gasteiger partial charge >= 0.3 is 0 Å². The van der Waals surface area contributed by atoms with Gasteiger partial charge in [-0.1, -0.05) is 31.2 Å². The number of hydrogen-bond acceptors (Lipinski definition) is 2. The molecular formula is C18H20N2O2. The van der Waals surface area contributed by atoms with Crippen LogP contribution in [0.4, 0.5) is 11.4 Å². The van der Waals surface area contributed by atoms with E-state index in [1.807, 2.05) is 31.2 Å². The van der Waals surface area contributed by atoms with Crippen LogP contribution in [0.1, 0.15) is 24.5 Å². The van der Waals surface area contributed by atoms with Gasteiger partial charge < -0.3 is 10.6 Å². The van der Waals surface area contributed by atoms with E-state index in [-0.39, 0.29) is 11.8 Å². The Morgan fingerprint density at radius 3 is 1.95 bits per heavy atom. The Kier molecular flexibility index (Phi) is 5.31. The molecule has 0 aliphatic heterocycles. The third-order valence-electron chi connectivity index (χ3n) is 3.39. The number of amides is 2. The van der Waals surface area contributed by atoms with Crippen molar-refractivity contribution in [2.45, 2.75) is 26.7 Å². The summed E-state index contributed by atoms with van der Waals surface area (Å²) < 4.78 is 0. The summed E-state index contributed by atoms with van der Waals surface area (Å²) in [7, 11) is 0. The number of rotatable bonds is 5. The van der Waals surface area contributed by atoms with Crippen molar-refractivity contribution in [1.82, 2.24) is 0 Å². The van der Waals surface area contributed by atoms with E-state index in [9.17, 15) is 9.59 Å². The second-order valence-electron chi connectivity index (χ2n) is 5.13. The molecule has 4 nitrogen and oxygen atoms in total. The van der Waals surface area contributed by atoms with Crippen LogP contribution in [0.3, 0.4) is 0 Å². The maximum Gasteiger partial charge on any atom is 0.228 e. The van der Waals surface area contributed by atoms with Crippen LogP contribution in [0, 0.1) is 6.92 Å². The molecule has 2 N–H and O–H groups in total. The first-order valence-electron chi connectivity index (χ1n) is 7.32. The molecule has 0 saturated carbocycles. The molecule has 0 aliphatic carbocycles. The fourth-order valence-electron chi connectivity index (χ4n) is 2.07. The predicted molar refractivity (Wildman–Crippen MR) is 88.9 cm³/mol. The lowest BCUT2D eigenvalue weighted by Gasteiger charge is -2.08. The average Bonchev–Trinajstić information content (AvgIpc) is 2.51. The van der Waals surface area contributed by atoms with E-state index in [1.165, 1.54) is 0 Å². The summed E-state index contributed by atoms with van der Waals surface area (Å²) >= 11 is 0. The summed E-state index contributed by atoms with van der Waals surface area (Å²) in [6.45, 7) is 3.79. The van der Waals surface area contributed by atoms with Crippen LogP contribution in [0.25, 0.3) is 0 Å². The molecule has 0 fully saturated rings. The fraction of sp³-hybridized carbons (Fsp3) is 0.222. The van der Waals surface area contributed by atoms with Gasteiger partial charge in [-0.2, -0.15) is 0 Å². The molecule has 0 spiro atoms. The monoisotopic (exact) mass is 296 g/mol. The molecule has 0 atom stereocenters. The van der Waals surface area contributed by atoms with Gasteiger partial charge in [0.05, 0.1) is 6.42 Å². The van der Waals surface area contributed by atoms with E-state index in [0.29, 0.717) is 18.5 Å². The lowest BCUT2D eigenvalue weighted by Crippen LogP contribution is -2.15. The third-order valence-corrected chi connectivity index (χ3v) is 3.39. The SMILES string of the molecule is CCC(=O)Nc1ccc(NC(=O)Cc2ccccc2C)cc1. The number of benzene rings is 2. The number of carbonyl (C=O) groups is 2. The molecule has 2 aromatic carbocycles. The highest BCUT2D eigenvalue weighted by Crippen LogP contribution is 2.15. The standard InChI is InChI=1S/C18H20N2O2/c1-3-17(21)19-15-8-10-16(11-9-15)20-18(22)12-14-7-5-4-6-13(14)2/h4-11H,3,12H2,1-2H3,(H,19,21)(H,20,22). The summed E-state index contributed by atoms with van der Waals surface area (Å²) in [5.41, 5.74) is 3.57. The van der Waals surface area contributed by atoms with E-state index in [0.717, 1.165) is 16.8 Å². The van der Waals surface area contributed by atoms with Crippen molar-refractivity contribution in [3.05, 3.63) is 59.7 Å². The van der Waals surface area contributed by atoms with Gasteiger partial charge in [-0.3, -0.25) is 9.59 Å². The molecule has 0 radical (unpaired) electrons. The van der Waals surface area contributed by atoms with E-state index in [2.05, 4.69) is 10.6 Å². The first kappa shape index (κ1) is 15.8. The van der Waals surface area contributed by atoms with Crippen molar-refractivity contribution in [3.63, 3.8) is 0 Å². The highest BCUT2D eigenvalue weighted by molar-refractivity contribution is 5.93. The molecule has 0 heterocycles. The molecule has 2 rings (SSSR count). The topological polar surface area (TPSA) is 58.2 Å². The van der Waals surface area contributed by atoms with Gasteiger partial charge in [-0.15, -0.1) is 0 Å². The van der Waals surface area contributed by atoms with Gasteiger partial charge in [0, 0.05) is 17.8 Å². The van der Waals surface area contributed by atoms with Crippen molar-refractivity contribution in [2.75, 3.05) is 10.6 Å². The highest BCUT2D eigenvalue weighted by Gasteiger charge is 2.06. The summed E-state index contributed by atoms with van der Waals surface area (Å²) in [6.07, 6.45) is 0.788. The van der Waals surface area contributed by atoms with Crippen molar-refractivity contribution in [1.29, 1.82) is 0 Å². The van der Waals surface area contributed by atoms with Crippen LogP contribution in [0.15, 0.2) is 48.5 Å². The average molecular weight is 296 g/mol. The second kappa shape index (κ2) is 7.41. The predicted octanol–water partition coefficient (Wildman–Crippen LogP) is 3.52. The van der Waals surface area contributed by atoms with E-state index >= 15 is 0 Å². The van der Waals surface area contributed by atoms with Crippen LogP contribution in [-0.4, -0.2) is 11.8 Å². The van der Waals surface area contributed by atoms with Gasteiger partial charge in [-0.05, 0) is 42.3 Å². The van der Waals surface area contributed by atoms with Crippen LogP contribution < -0.4 is 10.6 Å². The minimum Gasteiger partial charge on any atom is -0.326 e. The quantitative estimate of drug-likeness (QED) is 0.887. The summed E-state index contributed by atoms with van der Waals surface area (Å²) in [5.74, 6) is -0.0871. The van der Waals surface area contributed by atoms with E-state index in [4.69, 9.17) is 0 Å². The lowest BCUT2D eigenvalue weighted by molar-refractivity contribution is -0.116. The van der Waals surface area contributed by atoms with Gasteiger partial charge in [0.15, 0.2) is 0 Å². The smallest absolute Gasteiger partial charge is 0.228 e. The van der Waals surface area contributed by atoms with Crippen molar-refractivity contribution in [2.24, 2.45) is 0 Å². The Hall–Kier alpha value is -2.62. The number of hydrogen-bond donors (Lipinski definition) is 2. The first-order chi connectivity index (χ1) is 10.6. The zero-order valence-electron chi connectivity index (χ0n) is 12.8. The molecule has 4 heteroatoms. The summed E-state index contributed by atoms with van der Waals surface area (Å²) in [6, 6.07) is 14.9. The normalized spacial score (nSPS) is 10.1. The van der Waals surface area contributed by atoms with E-state index < -0.39 is 0 Å². The Balaban J connectivity index is 1.94. The first-order valence-corrected chi connectivity index (χ1v) is 7.32. The summed E-state index contributed by atoms with van der Waals surface area (Å²) in [5, 5.41) is 5.63. The Labute approximate surface area is 130 Å². The van der Waals surface area contributed by atoms with Crippen molar-refractivity contribution < 1.29 is 9.59 Å². The molecule has 0 unspecified atom stereocenters. The molecule has 0 aliphatic rings. The molecule has 0 bridgehead atoms. The summed E-state index contributed by atoms with van der Waals surface area (Å²) in [4.78, 5) is 23.4. The van der Waals surface area contributed by atoms with Crippen LogP contribution in [-0.2, 0) is 16.0 Å². The second-order valence-corrected chi connectivity index (χ2v) is 5.13. The zero-order valence-corrected chi connectivity index (χ0v) is 12.8. The Morgan fingerprint density at radius 2 is 1.41 bits per heavy atom. The highest BCUT2D eigenvalue weighted by atomic mass is 16.2. The molecule has 114 valence electrons. The van der Waals surface area contributed by atoms with Crippen molar-refractivity contribution in [3.8, 4) is 0 Å². The van der Waals surface area contributed by atoms with Crippen LogP contribution in [0.2, 0.25) is 0 Å². The third kappa shape index (κ3) is 4.45. The van der Waals surface area contributed by atoms with Crippen molar-refractivity contribution >= 4 is 23.2 Å². The van der Waals surface area contributed by atoms with Gasteiger partial charge in [0.2, 0.25) is 11.8 Å². The lowest BCUT2D eigenvalue weighted by atomic mass is 10.1. The van der Waals surface area contributed by atoms with Crippen LogP contribution >= 0.6 is 0 Å². The maximum atomic E-state index is 12.1. The number of aryl methyl sites for hydroxylation is 1. The van der Waals surface area contributed by atoms with Gasteiger partial charge in [-0.25, -0.2) is 0 Å². The zero-order chi connectivity index (χ0) is 15.9. The van der Waals surface area contributed by atoms with Crippen LogP contribution in [0.5, 0.6) is 0 Å². The minimum atomic E-state index is -0.0559. The fourth-order valence-corrected chi connectivity index (χ4v) is 2.07. The molecule has 0 saturated heterocycles. The van der Waals surface area contributed by atoms with E-state index in [1.54, 1.807) is 31.2 Å². The van der Waals surface area contributed by atoms with Gasteiger partial charge in [0.25, 0.3) is 0 Å². The molecule has 0 aromatic heterocycles. The molecular weight excluding hydrogens is 276 g/mol.